The highest BCUT2D eigenvalue weighted by Gasteiger charge is 2.53. The van der Waals surface area contributed by atoms with Crippen molar-refractivity contribution >= 4 is 76.7 Å². The van der Waals surface area contributed by atoms with Gasteiger partial charge in [0.2, 0.25) is 29.4 Å². The van der Waals surface area contributed by atoms with Gasteiger partial charge in [-0.15, -0.1) is 23.5 Å². The fraction of sp³-hybridized carbons (Fsp3) is 0.639. The number of nitrogens with one attached hydrogen (secondary N) is 4. The molecule has 294 valence electrons. The Labute approximate surface area is 325 Å². The number of amides is 6. The molecule has 0 aliphatic carbocycles. The third-order valence-corrected chi connectivity index (χ3v) is 12.5. The van der Waals surface area contributed by atoms with E-state index in [2.05, 4.69) is 21.3 Å². The van der Waals surface area contributed by atoms with Crippen LogP contribution in [-0.2, 0) is 33.5 Å². The van der Waals surface area contributed by atoms with Gasteiger partial charge in [0.05, 0.1) is 17.2 Å². The normalized spacial score (nSPS) is 18.4. The Morgan fingerprint density at radius 2 is 1.64 bits per heavy atom. The van der Waals surface area contributed by atoms with Crippen molar-refractivity contribution in [3.8, 4) is 0 Å². The number of rotatable bonds is 15. The molecule has 0 bridgehead atoms. The Balaban J connectivity index is 1.75. The van der Waals surface area contributed by atoms with Crippen LogP contribution >= 0.6 is 35.3 Å². The van der Waals surface area contributed by atoms with Crippen LogP contribution in [0.25, 0.3) is 0 Å². The average molecular weight is 795 g/mol. The highest BCUT2D eigenvalue weighted by atomic mass is 32.2. The van der Waals surface area contributed by atoms with Crippen LogP contribution < -0.4 is 21.3 Å². The van der Waals surface area contributed by atoms with Crippen LogP contribution in [0.5, 0.6) is 0 Å². The molecule has 0 radical (unpaired) electrons. The lowest BCUT2D eigenvalue weighted by molar-refractivity contribution is -0.143. The van der Waals surface area contributed by atoms with Crippen molar-refractivity contribution in [3.05, 3.63) is 35.9 Å². The lowest BCUT2D eigenvalue weighted by atomic mass is 9.85. The van der Waals surface area contributed by atoms with Gasteiger partial charge in [-0.3, -0.25) is 28.8 Å². The van der Waals surface area contributed by atoms with E-state index in [4.69, 9.17) is 4.74 Å². The Kier molecular flexibility index (Phi) is 16.4. The van der Waals surface area contributed by atoms with Crippen LogP contribution in [0.15, 0.2) is 30.3 Å². The maximum Gasteiger partial charge on any atom is 0.407 e. The number of likely N-dealkylation sites (tertiary alicyclic amines) is 1. The quantitative estimate of drug-likeness (QED) is 0.192. The predicted molar refractivity (Wildman–Crippen MR) is 209 cm³/mol. The molecule has 1 spiro atoms. The number of hydrogen-bond donors (Lipinski definition) is 4. The summed E-state index contributed by atoms with van der Waals surface area (Å²) in [7, 11) is 3.12. The number of Topliss-reactive ketones (excluding diaryl/α,β-unsaturated/α-hetero) is 1. The third-order valence-electron chi connectivity index (χ3n) is 8.54. The lowest BCUT2D eigenvalue weighted by Gasteiger charge is -2.36. The zero-order chi connectivity index (χ0) is 39.5. The zero-order valence-corrected chi connectivity index (χ0v) is 34.3. The molecular formula is C36H54N6O8S3. The van der Waals surface area contributed by atoms with Crippen molar-refractivity contribution in [3.63, 3.8) is 0 Å². The molecule has 1 aromatic rings. The van der Waals surface area contributed by atoms with Crippen LogP contribution in [0.3, 0.4) is 0 Å². The van der Waals surface area contributed by atoms with Gasteiger partial charge in [-0.2, -0.15) is 11.8 Å². The Morgan fingerprint density at radius 1 is 1.00 bits per heavy atom. The molecular weight excluding hydrogens is 741 g/mol. The van der Waals surface area contributed by atoms with Crippen molar-refractivity contribution in [2.24, 2.45) is 11.3 Å². The fourth-order valence-electron chi connectivity index (χ4n) is 5.77. The van der Waals surface area contributed by atoms with E-state index in [0.717, 1.165) is 17.9 Å². The average Bonchev–Trinajstić information content (AvgIpc) is 3.48. The number of nitrogens with zero attached hydrogens (tertiary/aromatic N) is 2. The van der Waals surface area contributed by atoms with Gasteiger partial charge in [0.25, 0.3) is 5.91 Å². The molecule has 2 fully saturated rings. The number of ether oxygens (including phenoxy) is 1. The number of carbonyl (C=O) groups excluding carboxylic acids is 7. The summed E-state index contributed by atoms with van der Waals surface area (Å²) in [5.74, 6) is -2.27. The van der Waals surface area contributed by atoms with Crippen molar-refractivity contribution in [1.82, 2.24) is 31.1 Å². The fourth-order valence-corrected chi connectivity index (χ4v) is 9.69. The molecule has 0 aromatic heterocycles. The van der Waals surface area contributed by atoms with E-state index in [1.165, 1.54) is 21.6 Å². The molecule has 2 aliphatic rings. The van der Waals surface area contributed by atoms with E-state index in [9.17, 15) is 33.6 Å². The van der Waals surface area contributed by atoms with E-state index in [1.807, 2.05) is 34.6 Å². The number of hydrogen-bond acceptors (Lipinski definition) is 11. The molecule has 14 nitrogen and oxygen atoms in total. The molecule has 1 aromatic carbocycles. The first kappa shape index (κ1) is 44.0. The van der Waals surface area contributed by atoms with Gasteiger partial charge in [0.1, 0.15) is 24.2 Å². The van der Waals surface area contributed by atoms with Crippen molar-refractivity contribution < 1.29 is 38.3 Å². The van der Waals surface area contributed by atoms with Gasteiger partial charge in [0.15, 0.2) is 0 Å². The molecule has 3 rings (SSSR count). The maximum atomic E-state index is 14.3. The minimum Gasteiger partial charge on any atom is -0.449 e. The first-order chi connectivity index (χ1) is 24.9. The summed E-state index contributed by atoms with van der Waals surface area (Å²) in [5.41, 5.74) is -0.188. The standard InChI is InChI=1S/C36H54N6O8S3/c1-22(2)19-50-34(49)40-29(35(3,4)5)33(48)42-21-36(52-15-12-16-53-36)17-25(42)30(45)38-24(20-51-8)28(44)31(46)37-18-26(43)39-27(32(47)41(6)7)23-13-10-9-11-14-23/h9-11,13-14,22,24-25,27,29H,12,15-21H2,1-8H3,(H,37,46)(H,38,45)(H,39,43)(H,40,49)/t24-,25+,27?,29-/m1/s1. The minimum absolute atomic E-state index is 0.0563. The summed E-state index contributed by atoms with van der Waals surface area (Å²) in [6.07, 6.45) is 2.30. The van der Waals surface area contributed by atoms with Gasteiger partial charge in [-0.1, -0.05) is 65.0 Å². The summed E-state index contributed by atoms with van der Waals surface area (Å²) in [6, 6.07) is 4.38. The van der Waals surface area contributed by atoms with E-state index >= 15 is 0 Å². The first-order valence-corrected chi connectivity index (χ1v) is 20.9. The maximum absolute atomic E-state index is 14.3. The number of carbonyl (C=O) groups is 7. The van der Waals surface area contributed by atoms with E-state index in [0.29, 0.717) is 12.0 Å². The van der Waals surface area contributed by atoms with Crippen molar-refractivity contribution in [1.29, 1.82) is 0 Å². The summed E-state index contributed by atoms with van der Waals surface area (Å²) in [6.45, 7) is 9.10. The molecule has 4 atom stereocenters. The molecule has 4 N–H and O–H groups in total. The lowest BCUT2D eigenvalue weighted by Crippen LogP contribution is -2.59. The number of likely N-dealkylation sites (N-methyl/N-ethyl adjacent to an activating group) is 1. The van der Waals surface area contributed by atoms with E-state index < -0.39 is 75.7 Å². The number of ketones is 1. The molecule has 6 amide bonds. The topological polar surface area (TPSA) is 183 Å². The largest absolute Gasteiger partial charge is 0.449 e. The second kappa shape index (κ2) is 19.8. The van der Waals surface area contributed by atoms with Gasteiger partial charge in [-0.05, 0) is 41.1 Å². The molecule has 2 aliphatic heterocycles. The Bertz CT molecular complexity index is 1480. The van der Waals surface area contributed by atoms with Crippen LogP contribution in [0, 0.1) is 11.3 Å². The SMILES string of the molecule is CSC[C@@H](NC(=O)[C@@H]1CC2(CN1C(=O)[C@@H](NC(=O)OCC(C)C)C(C)(C)C)SCCCS2)C(=O)C(=O)NCC(=O)NC(C(=O)N(C)C)c1ccccc1. The van der Waals surface area contributed by atoms with Crippen LogP contribution in [0.4, 0.5) is 4.79 Å². The van der Waals surface area contributed by atoms with Crippen molar-refractivity contribution in [2.75, 3.05) is 57.3 Å². The predicted octanol–water partition coefficient (Wildman–Crippen LogP) is 2.43. The summed E-state index contributed by atoms with van der Waals surface area (Å²) in [4.78, 5) is 96.2. The van der Waals surface area contributed by atoms with Gasteiger partial charge < -0.3 is 35.8 Å². The molecule has 53 heavy (non-hydrogen) atoms. The minimum atomic E-state index is -1.25. The third kappa shape index (κ3) is 12.6. The highest BCUT2D eigenvalue weighted by Crippen LogP contribution is 2.50. The molecule has 2 saturated heterocycles. The molecule has 0 saturated carbocycles. The molecule has 17 heteroatoms. The van der Waals surface area contributed by atoms with Gasteiger partial charge in [0, 0.05) is 32.8 Å². The van der Waals surface area contributed by atoms with Crippen LogP contribution in [0.1, 0.15) is 59.1 Å². The molecule has 2 heterocycles. The summed E-state index contributed by atoms with van der Waals surface area (Å²) < 4.78 is 4.87. The van der Waals surface area contributed by atoms with Crippen LogP contribution in [0.2, 0.25) is 0 Å². The molecule has 1 unspecified atom stereocenters. The van der Waals surface area contributed by atoms with E-state index in [1.54, 1.807) is 74.2 Å². The van der Waals surface area contributed by atoms with Gasteiger partial charge >= 0.3 is 6.09 Å². The zero-order valence-electron chi connectivity index (χ0n) is 31.8. The Morgan fingerprint density at radius 3 is 2.21 bits per heavy atom. The van der Waals surface area contributed by atoms with Gasteiger partial charge in [-0.25, -0.2) is 4.79 Å². The number of thioether (sulfide) groups is 3. The summed E-state index contributed by atoms with van der Waals surface area (Å²) in [5, 5.41) is 10.4. The van der Waals surface area contributed by atoms with Crippen molar-refractivity contribution in [2.45, 2.75) is 75.7 Å². The van der Waals surface area contributed by atoms with Crippen LogP contribution in [-0.4, -0.2) is 131 Å². The smallest absolute Gasteiger partial charge is 0.407 e. The monoisotopic (exact) mass is 794 g/mol. The Hall–Kier alpha value is -3.44. The second-order valence-electron chi connectivity index (χ2n) is 14.8. The highest BCUT2D eigenvalue weighted by molar-refractivity contribution is 8.18. The number of alkyl carbamates (subject to hydrolysis) is 1. The second-order valence-corrected chi connectivity index (χ2v) is 18.9. The summed E-state index contributed by atoms with van der Waals surface area (Å²) >= 11 is 4.63. The van der Waals surface area contributed by atoms with E-state index in [-0.39, 0.29) is 30.7 Å². The first-order valence-electron chi connectivity index (χ1n) is 17.6. The number of benzene rings is 1.